The molecule has 0 spiro atoms. The van der Waals surface area contributed by atoms with E-state index in [1.165, 1.54) is 17.3 Å². The largest absolute Gasteiger partial charge is 0.331 e. The van der Waals surface area contributed by atoms with Crippen molar-refractivity contribution in [3.63, 3.8) is 0 Å². The molecule has 0 saturated heterocycles. The molecule has 1 aromatic rings. The quantitative estimate of drug-likeness (QED) is 0.733. The fourth-order valence-electron chi connectivity index (χ4n) is 2.01. The summed E-state index contributed by atoms with van der Waals surface area (Å²) in [4.78, 5) is 34.9. The van der Waals surface area contributed by atoms with Gasteiger partial charge in [0.2, 0.25) is 11.8 Å². The number of fused-ring (bicyclic) bond motifs is 1. The Morgan fingerprint density at radius 1 is 1.53 bits per heavy atom. The van der Waals surface area contributed by atoms with Crippen LogP contribution in [0.1, 0.15) is 18.2 Å². The number of carbonyl (C=O) groups is 2. The molecular formula is C13H16N4O2. The van der Waals surface area contributed by atoms with Gasteiger partial charge in [-0.05, 0) is 13.0 Å². The fourth-order valence-corrected chi connectivity index (χ4v) is 2.01. The lowest BCUT2D eigenvalue weighted by molar-refractivity contribution is -0.138. The molecule has 0 bridgehead atoms. The molecule has 0 radical (unpaired) electrons. The van der Waals surface area contributed by atoms with Crippen LogP contribution in [0.2, 0.25) is 0 Å². The lowest BCUT2D eigenvalue weighted by atomic mass is 10.3. The summed E-state index contributed by atoms with van der Waals surface area (Å²) < 4.78 is 0. The molecule has 0 atom stereocenters. The van der Waals surface area contributed by atoms with Gasteiger partial charge in [-0.15, -0.1) is 0 Å². The summed E-state index contributed by atoms with van der Waals surface area (Å²) in [6, 6.07) is 0. The zero-order chi connectivity index (χ0) is 13.8. The summed E-state index contributed by atoms with van der Waals surface area (Å²) in [7, 11) is 0. The van der Waals surface area contributed by atoms with Crippen LogP contribution in [-0.2, 0) is 22.7 Å². The van der Waals surface area contributed by atoms with Gasteiger partial charge in [0.15, 0.2) is 0 Å². The molecular weight excluding hydrogens is 244 g/mol. The van der Waals surface area contributed by atoms with Crippen LogP contribution in [0.25, 0.3) is 0 Å². The van der Waals surface area contributed by atoms with E-state index in [0.717, 1.165) is 11.3 Å². The SMILES string of the molecule is C=CC(=O)N(CC)CC(=O)N1Cc2cncnc2C1. The minimum Gasteiger partial charge on any atom is -0.331 e. The summed E-state index contributed by atoms with van der Waals surface area (Å²) in [6.07, 6.45) is 4.43. The first-order valence-electron chi connectivity index (χ1n) is 6.12. The van der Waals surface area contributed by atoms with Crippen LogP contribution in [0.15, 0.2) is 25.2 Å². The summed E-state index contributed by atoms with van der Waals surface area (Å²) >= 11 is 0. The minimum absolute atomic E-state index is 0.0722. The highest BCUT2D eigenvalue weighted by atomic mass is 16.2. The van der Waals surface area contributed by atoms with E-state index in [9.17, 15) is 9.59 Å². The second kappa shape index (κ2) is 5.60. The van der Waals surface area contributed by atoms with E-state index < -0.39 is 0 Å². The number of amides is 2. The second-order valence-corrected chi connectivity index (χ2v) is 4.30. The maximum absolute atomic E-state index is 12.2. The van der Waals surface area contributed by atoms with Crippen molar-refractivity contribution in [1.29, 1.82) is 0 Å². The Morgan fingerprint density at radius 2 is 2.32 bits per heavy atom. The van der Waals surface area contributed by atoms with Crippen molar-refractivity contribution in [3.05, 3.63) is 36.4 Å². The zero-order valence-corrected chi connectivity index (χ0v) is 10.9. The maximum Gasteiger partial charge on any atom is 0.246 e. The molecule has 19 heavy (non-hydrogen) atoms. The van der Waals surface area contributed by atoms with Gasteiger partial charge in [0.05, 0.1) is 12.2 Å². The zero-order valence-electron chi connectivity index (χ0n) is 10.9. The predicted molar refractivity (Wildman–Crippen MR) is 68.7 cm³/mol. The van der Waals surface area contributed by atoms with Crippen LogP contribution in [0, 0.1) is 0 Å². The summed E-state index contributed by atoms with van der Waals surface area (Å²) in [5.41, 5.74) is 1.84. The Morgan fingerprint density at radius 3 is 2.95 bits per heavy atom. The Labute approximate surface area is 111 Å². The highest BCUT2D eigenvalue weighted by molar-refractivity contribution is 5.91. The fraction of sp³-hybridized carbons (Fsp3) is 0.385. The third-order valence-electron chi connectivity index (χ3n) is 3.13. The number of nitrogens with zero attached hydrogens (tertiary/aromatic N) is 4. The maximum atomic E-state index is 12.2. The third-order valence-corrected chi connectivity index (χ3v) is 3.13. The molecule has 2 heterocycles. The third kappa shape index (κ3) is 2.78. The van der Waals surface area contributed by atoms with Crippen molar-refractivity contribution >= 4 is 11.8 Å². The molecule has 1 aliphatic heterocycles. The van der Waals surface area contributed by atoms with Crippen molar-refractivity contribution in [3.8, 4) is 0 Å². The number of carbonyl (C=O) groups excluding carboxylic acids is 2. The Kier molecular flexibility index (Phi) is 3.89. The van der Waals surface area contributed by atoms with Crippen LogP contribution in [0.3, 0.4) is 0 Å². The molecule has 0 aliphatic carbocycles. The van der Waals surface area contributed by atoms with Crippen LogP contribution in [0.5, 0.6) is 0 Å². The summed E-state index contributed by atoms with van der Waals surface area (Å²) in [5, 5.41) is 0. The molecule has 6 heteroatoms. The standard InChI is InChI=1S/C13H16N4O2/c1-3-12(18)16(4-2)8-13(19)17-6-10-5-14-9-15-11(10)7-17/h3,5,9H,1,4,6-8H2,2H3. The van der Waals surface area contributed by atoms with Crippen molar-refractivity contribution in [2.45, 2.75) is 20.0 Å². The summed E-state index contributed by atoms with van der Waals surface area (Å²) in [6.45, 7) is 6.81. The van der Waals surface area contributed by atoms with Gasteiger partial charge in [0, 0.05) is 24.8 Å². The number of aromatic nitrogens is 2. The lowest BCUT2D eigenvalue weighted by Gasteiger charge is -2.22. The molecule has 0 aromatic carbocycles. The highest BCUT2D eigenvalue weighted by Crippen LogP contribution is 2.19. The Hall–Kier alpha value is -2.24. The molecule has 2 rings (SSSR count). The van der Waals surface area contributed by atoms with Gasteiger partial charge < -0.3 is 9.80 Å². The van der Waals surface area contributed by atoms with Crippen LogP contribution in [0.4, 0.5) is 0 Å². The van der Waals surface area contributed by atoms with E-state index in [-0.39, 0.29) is 18.4 Å². The van der Waals surface area contributed by atoms with Gasteiger partial charge in [-0.3, -0.25) is 9.59 Å². The van der Waals surface area contributed by atoms with Crippen molar-refractivity contribution in [2.75, 3.05) is 13.1 Å². The van der Waals surface area contributed by atoms with E-state index in [4.69, 9.17) is 0 Å². The molecule has 0 fully saturated rings. The molecule has 1 aromatic heterocycles. The second-order valence-electron chi connectivity index (χ2n) is 4.30. The Bertz CT molecular complexity index is 490. The van der Waals surface area contributed by atoms with Crippen LogP contribution < -0.4 is 0 Å². The smallest absolute Gasteiger partial charge is 0.246 e. The van der Waals surface area contributed by atoms with Crippen molar-refractivity contribution < 1.29 is 9.59 Å². The van der Waals surface area contributed by atoms with E-state index in [2.05, 4.69) is 16.5 Å². The van der Waals surface area contributed by atoms with Crippen molar-refractivity contribution in [2.24, 2.45) is 0 Å². The summed E-state index contributed by atoms with van der Waals surface area (Å²) in [5.74, 6) is -0.317. The van der Waals surface area contributed by atoms with E-state index in [1.807, 2.05) is 6.92 Å². The van der Waals surface area contributed by atoms with E-state index in [1.54, 1.807) is 11.1 Å². The Balaban J connectivity index is 1.99. The number of rotatable bonds is 4. The lowest BCUT2D eigenvalue weighted by Crippen LogP contribution is -2.40. The van der Waals surface area contributed by atoms with E-state index >= 15 is 0 Å². The molecule has 0 saturated carbocycles. The molecule has 0 unspecified atom stereocenters. The first-order chi connectivity index (χ1) is 9.15. The number of likely N-dealkylation sites (N-methyl/N-ethyl adjacent to an activating group) is 1. The monoisotopic (exact) mass is 260 g/mol. The number of hydrogen-bond acceptors (Lipinski definition) is 4. The molecule has 100 valence electrons. The first-order valence-corrected chi connectivity index (χ1v) is 6.12. The van der Waals surface area contributed by atoms with Crippen LogP contribution >= 0.6 is 0 Å². The first kappa shape index (κ1) is 13.2. The number of hydrogen-bond donors (Lipinski definition) is 0. The molecule has 6 nitrogen and oxygen atoms in total. The molecule has 2 amide bonds. The average molecular weight is 260 g/mol. The molecule has 1 aliphatic rings. The minimum atomic E-state index is -0.229. The van der Waals surface area contributed by atoms with Gasteiger partial charge in [0.25, 0.3) is 0 Å². The topological polar surface area (TPSA) is 66.4 Å². The molecule has 0 N–H and O–H groups in total. The van der Waals surface area contributed by atoms with E-state index in [0.29, 0.717) is 19.6 Å². The van der Waals surface area contributed by atoms with Gasteiger partial charge in [-0.1, -0.05) is 6.58 Å². The van der Waals surface area contributed by atoms with Crippen LogP contribution in [-0.4, -0.2) is 44.7 Å². The van der Waals surface area contributed by atoms with Gasteiger partial charge >= 0.3 is 0 Å². The van der Waals surface area contributed by atoms with Crippen molar-refractivity contribution in [1.82, 2.24) is 19.8 Å². The normalized spacial score (nSPS) is 13.0. The van der Waals surface area contributed by atoms with Gasteiger partial charge in [-0.2, -0.15) is 0 Å². The average Bonchev–Trinajstić information content (AvgIpc) is 2.87. The highest BCUT2D eigenvalue weighted by Gasteiger charge is 2.26. The predicted octanol–water partition coefficient (Wildman–Crippen LogP) is 0.353. The van der Waals surface area contributed by atoms with Gasteiger partial charge in [-0.25, -0.2) is 9.97 Å². The van der Waals surface area contributed by atoms with Gasteiger partial charge in [0.1, 0.15) is 12.9 Å².